The summed E-state index contributed by atoms with van der Waals surface area (Å²) in [6.07, 6.45) is 9.87. The van der Waals surface area contributed by atoms with Crippen molar-refractivity contribution < 1.29 is 8.83 Å². The van der Waals surface area contributed by atoms with Crippen molar-refractivity contribution in [3.05, 3.63) is 125 Å². The summed E-state index contributed by atoms with van der Waals surface area (Å²) in [5.41, 5.74) is 10.7. The first kappa shape index (κ1) is 26.8. The fourth-order valence-electron chi connectivity index (χ4n) is 8.06. The van der Waals surface area contributed by atoms with Crippen molar-refractivity contribution >= 4 is 66.4 Å². The van der Waals surface area contributed by atoms with Gasteiger partial charge in [0.15, 0.2) is 0 Å². The second-order valence-corrected chi connectivity index (χ2v) is 14.0. The summed E-state index contributed by atoms with van der Waals surface area (Å²) in [7, 11) is 0. The normalized spacial score (nSPS) is 16.4. The van der Waals surface area contributed by atoms with Crippen LogP contribution in [0, 0.1) is 5.92 Å². The summed E-state index contributed by atoms with van der Waals surface area (Å²) >= 11 is 0. The lowest BCUT2D eigenvalue weighted by Crippen LogP contribution is -2.18. The molecule has 0 saturated carbocycles. The molecule has 4 aromatic carbocycles. The molecule has 0 radical (unpaired) electrons. The van der Waals surface area contributed by atoms with Crippen molar-refractivity contribution in [2.45, 2.75) is 45.4 Å². The van der Waals surface area contributed by atoms with Crippen LogP contribution in [0.5, 0.6) is 0 Å². The Morgan fingerprint density at radius 1 is 0.745 bits per heavy atom. The van der Waals surface area contributed by atoms with Gasteiger partial charge in [-0.15, -0.1) is 0 Å². The summed E-state index contributed by atoms with van der Waals surface area (Å²) in [6.45, 7) is 6.67. The first-order chi connectivity index (χ1) is 22.9. The molecule has 2 aliphatic carbocycles. The van der Waals surface area contributed by atoms with E-state index in [0.717, 1.165) is 85.7 Å². The van der Waals surface area contributed by atoms with Crippen molar-refractivity contribution in [1.29, 1.82) is 0 Å². The van der Waals surface area contributed by atoms with Gasteiger partial charge in [-0.25, -0.2) is 9.97 Å². The van der Waals surface area contributed by atoms with Crippen LogP contribution in [0.1, 0.15) is 55.5 Å². The Kier molecular flexibility index (Phi) is 5.44. The zero-order valence-electron chi connectivity index (χ0n) is 26.7. The quantitative estimate of drug-likeness (QED) is 0.195. The minimum atomic E-state index is -0.162. The van der Waals surface area contributed by atoms with Gasteiger partial charge in [-0.3, -0.25) is 4.57 Å². The Bertz CT molecular complexity index is 2650. The fourth-order valence-corrected chi connectivity index (χ4v) is 8.06. The summed E-state index contributed by atoms with van der Waals surface area (Å²) in [4.78, 5) is 10.5. The van der Waals surface area contributed by atoms with E-state index in [-0.39, 0.29) is 11.3 Å². The number of allylic oxidation sites excluding steroid dienone is 3. The van der Waals surface area contributed by atoms with Gasteiger partial charge in [0, 0.05) is 43.8 Å². The van der Waals surface area contributed by atoms with E-state index in [9.17, 15) is 0 Å². The minimum Gasteiger partial charge on any atom is -0.456 e. The number of nitrogens with zero attached hydrogens (tertiary/aromatic N) is 3. The lowest BCUT2D eigenvalue weighted by Gasteiger charge is -2.24. The van der Waals surface area contributed by atoms with Gasteiger partial charge in [-0.2, -0.15) is 0 Å². The number of hydrogen-bond acceptors (Lipinski definition) is 4. The molecular weight excluding hydrogens is 578 g/mol. The van der Waals surface area contributed by atoms with Crippen LogP contribution in [0.4, 0.5) is 0 Å². The van der Waals surface area contributed by atoms with Crippen LogP contribution in [-0.2, 0) is 18.3 Å². The van der Waals surface area contributed by atoms with E-state index < -0.39 is 0 Å². The average Bonchev–Trinajstić information content (AvgIpc) is 3.76. The SMILES string of the molecule is CC(C)(C)c1nc(-n2c3c(c4c5oc6ccccc6c5ccc42)CC(C2=CCCc4c2oc2ccccc42)C=C3)nc2ccccc12. The third-order valence-electron chi connectivity index (χ3n) is 10.1. The first-order valence-corrected chi connectivity index (χ1v) is 16.6. The molecule has 1 unspecified atom stereocenters. The zero-order valence-corrected chi connectivity index (χ0v) is 26.7. The Morgan fingerprint density at radius 3 is 2.32 bits per heavy atom. The van der Waals surface area contributed by atoms with Gasteiger partial charge in [-0.05, 0) is 66.8 Å². The molecule has 228 valence electrons. The summed E-state index contributed by atoms with van der Waals surface area (Å²) in [6, 6.07) is 29.6. The highest BCUT2D eigenvalue weighted by Crippen LogP contribution is 2.46. The predicted octanol–water partition coefficient (Wildman–Crippen LogP) is 10.7. The lowest BCUT2D eigenvalue weighted by molar-refractivity contribution is 0.572. The van der Waals surface area contributed by atoms with Crippen LogP contribution < -0.4 is 0 Å². The molecule has 8 aromatic rings. The standard InChI is InChI=1S/C42H33N3O2/c1-42(2,3)40-30-13-4-7-16-32(30)43-41(44-40)45-33-21-19-24(25-14-10-15-28-26-11-5-8-17-35(26)46-38(25)28)23-31(33)37-34(45)22-20-29-27-12-6-9-18-36(27)47-39(29)37/h4-9,11-14,16-22,24H,10,15,23H2,1-3H3. The average molecular weight is 612 g/mol. The topological polar surface area (TPSA) is 57.0 Å². The minimum absolute atomic E-state index is 0.162. The van der Waals surface area contributed by atoms with Crippen molar-refractivity contribution in [1.82, 2.24) is 14.5 Å². The van der Waals surface area contributed by atoms with E-state index in [1.54, 1.807) is 0 Å². The summed E-state index contributed by atoms with van der Waals surface area (Å²) in [5, 5.41) is 5.73. The molecule has 10 rings (SSSR count). The maximum Gasteiger partial charge on any atom is 0.235 e. The molecule has 2 aliphatic rings. The second-order valence-electron chi connectivity index (χ2n) is 14.0. The lowest BCUT2D eigenvalue weighted by atomic mass is 9.81. The molecule has 0 bridgehead atoms. The van der Waals surface area contributed by atoms with Crippen molar-refractivity contribution in [3.63, 3.8) is 0 Å². The van der Waals surface area contributed by atoms with Crippen LogP contribution in [0.2, 0.25) is 0 Å². The van der Waals surface area contributed by atoms with Crippen LogP contribution >= 0.6 is 0 Å². The number of fused-ring (bicyclic) bond motifs is 11. The molecule has 0 N–H and O–H groups in total. The maximum absolute atomic E-state index is 6.69. The molecule has 0 spiro atoms. The van der Waals surface area contributed by atoms with E-state index >= 15 is 0 Å². The molecule has 0 aliphatic heterocycles. The van der Waals surface area contributed by atoms with E-state index in [1.165, 1.54) is 22.1 Å². The highest BCUT2D eigenvalue weighted by molar-refractivity contribution is 6.16. The molecule has 4 aromatic heterocycles. The van der Waals surface area contributed by atoms with Crippen LogP contribution in [0.15, 0.2) is 106 Å². The number of aromatic nitrogens is 3. The number of para-hydroxylation sites is 3. The van der Waals surface area contributed by atoms with Crippen LogP contribution in [0.25, 0.3) is 72.3 Å². The number of aryl methyl sites for hydroxylation is 1. The Balaban J connectivity index is 1.24. The van der Waals surface area contributed by atoms with Gasteiger partial charge in [0.05, 0.1) is 22.4 Å². The molecule has 5 heteroatoms. The van der Waals surface area contributed by atoms with Crippen molar-refractivity contribution in [3.8, 4) is 5.95 Å². The van der Waals surface area contributed by atoms with E-state index in [1.807, 2.05) is 6.07 Å². The van der Waals surface area contributed by atoms with Crippen LogP contribution in [0.3, 0.4) is 0 Å². The predicted molar refractivity (Wildman–Crippen MR) is 191 cm³/mol. The van der Waals surface area contributed by atoms with E-state index in [4.69, 9.17) is 18.8 Å². The number of hydrogen-bond donors (Lipinski definition) is 0. The molecule has 47 heavy (non-hydrogen) atoms. The maximum atomic E-state index is 6.69. The molecule has 0 amide bonds. The Hall–Kier alpha value is -5.42. The molecule has 4 heterocycles. The van der Waals surface area contributed by atoms with E-state index in [0.29, 0.717) is 5.95 Å². The van der Waals surface area contributed by atoms with Crippen molar-refractivity contribution in [2.75, 3.05) is 0 Å². The summed E-state index contributed by atoms with van der Waals surface area (Å²) < 4.78 is 15.5. The second kappa shape index (κ2) is 9.55. The Labute approximate surface area is 271 Å². The Morgan fingerprint density at radius 2 is 1.49 bits per heavy atom. The molecule has 0 fully saturated rings. The van der Waals surface area contributed by atoms with Gasteiger partial charge >= 0.3 is 0 Å². The van der Waals surface area contributed by atoms with Gasteiger partial charge < -0.3 is 8.83 Å². The third-order valence-corrected chi connectivity index (χ3v) is 10.1. The third kappa shape index (κ3) is 3.83. The molecule has 0 saturated heterocycles. The summed E-state index contributed by atoms with van der Waals surface area (Å²) in [5.74, 6) is 1.90. The van der Waals surface area contributed by atoms with E-state index in [2.05, 4.69) is 122 Å². The number of rotatable bonds is 2. The monoisotopic (exact) mass is 611 g/mol. The number of furan rings is 2. The zero-order chi connectivity index (χ0) is 31.4. The van der Waals surface area contributed by atoms with Gasteiger partial charge in [0.2, 0.25) is 5.95 Å². The van der Waals surface area contributed by atoms with Gasteiger partial charge in [0.25, 0.3) is 0 Å². The van der Waals surface area contributed by atoms with Crippen molar-refractivity contribution in [2.24, 2.45) is 5.92 Å². The fraction of sp³-hybridized carbons (Fsp3) is 0.190. The smallest absolute Gasteiger partial charge is 0.235 e. The molecular formula is C42H33N3O2. The van der Waals surface area contributed by atoms with Crippen LogP contribution in [-0.4, -0.2) is 14.5 Å². The first-order valence-electron chi connectivity index (χ1n) is 16.6. The highest BCUT2D eigenvalue weighted by Gasteiger charge is 2.32. The van der Waals surface area contributed by atoms with Gasteiger partial charge in [-0.1, -0.05) is 87.5 Å². The number of benzene rings is 4. The molecule has 1 atom stereocenters. The highest BCUT2D eigenvalue weighted by atomic mass is 16.3. The molecule has 5 nitrogen and oxygen atoms in total. The largest absolute Gasteiger partial charge is 0.456 e. The van der Waals surface area contributed by atoms with Gasteiger partial charge in [0.1, 0.15) is 22.5 Å².